The van der Waals surface area contributed by atoms with Gasteiger partial charge in [0.05, 0.1) is 27.5 Å². The fourth-order valence-corrected chi connectivity index (χ4v) is 7.40. The Kier molecular flexibility index (Phi) is 5.56. The van der Waals surface area contributed by atoms with Crippen LogP contribution in [0.5, 0.6) is 0 Å². The number of nitriles is 1. The number of aliphatic imine (C=N–C) groups is 1. The van der Waals surface area contributed by atoms with Crippen LogP contribution in [0.15, 0.2) is 33.8 Å². The molecule has 0 amide bonds. The summed E-state index contributed by atoms with van der Waals surface area (Å²) in [6.45, 7) is 5.63. The van der Waals surface area contributed by atoms with Crippen LogP contribution < -0.4 is 5.73 Å². The van der Waals surface area contributed by atoms with Crippen LogP contribution in [0.4, 0.5) is 4.39 Å². The van der Waals surface area contributed by atoms with E-state index in [2.05, 4.69) is 19.3 Å². The molecule has 0 aromatic carbocycles. The maximum atomic E-state index is 15.0. The van der Waals surface area contributed by atoms with Gasteiger partial charge < -0.3 is 5.73 Å². The van der Waals surface area contributed by atoms with Gasteiger partial charge in [0.15, 0.2) is 5.78 Å². The summed E-state index contributed by atoms with van der Waals surface area (Å²) in [5, 5.41) is 8.99. The van der Waals surface area contributed by atoms with Crippen molar-refractivity contribution in [3.05, 3.63) is 58.4 Å². The number of aromatic nitrogens is 2. The molecule has 4 rings (SSSR count). The van der Waals surface area contributed by atoms with Crippen LogP contribution in [-0.2, 0) is 21.7 Å². The van der Waals surface area contributed by atoms with E-state index in [1.807, 2.05) is 13.0 Å². The van der Waals surface area contributed by atoms with Crippen molar-refractivity contribution in [2.24, 2.45) is 15.1 Å². The first kappa shape index (κ1) is 23.0. The second-order valence-electron chi connectivity index (χ2n) is 8.98. The van der Waals surface area contributed by atoms with Gasteiger partial charge in [-0.3, -0.25) is 19.8 Å². The third-order valence-corrected chi connectivity index (χ3v) is 9.80. The largest absolute Gasteiger partial charge is 0.386 e. The number of hydrogen-bond donors (Lipinski definition) is 1. The number of Topliss-reactive ketones (excluding diaryl/α,β-unsaturated/α-hetero) is 1. The third kappa shape index (κ3) is 3.80. The fourth-order valence-electron chi connectivity index (χ4n) is 4.48. The van der Waals surface area contributed by atoms with Crippen molar-refractivity contribution in [2.75, 3.05) is 12.3 Å². The number of nitrogens with zero attached hydrogens (tertiary/aromatic N) is 5. The molecule has 0 saturated heterocycles. The Balaban J connectivity index is 1.70. The summed E-state index contributed by atoms with van der Waals surface area (Å²) < 4.78 is 32.3. The minimum Gasteiger partial charge on any atom is -0.386 e. The highest BCUT2D eigenvalue weighted by atomic mass is 32.2. The summed E-state index contributed by atoms with van der Waals surface area (Å²) in [5.41, 5.74) is 6.51. The normalized spacial score (nSPS) is 28.8. The standard InChI is InChI=1S/C23H25FN6O2S/c1-14-9-15(11-25)12-27-19(14)18(31)10-16-5-6-17(24)20(29-16)22(2)13-33(32)23(3,21(26)30-22)7-4-8-28-33/h5-6,9,12H,4,7-8,10,13H2,1-3H3,(H2,26,30). The molecule has 0 radical (unpaired) electrons. The van der Waals surface area contributed by atoms with Crippen molar-refractivity contribution >= 4 is 21.3 Å². The van der Waals surface area contributed by atoms with Crippen LogP contribution in [0, 0.1) is 24.1 Å². The number of hydrogen-bond acceptors (Lipinski definition) is 8. The van der Waals surface area contributed by atoms with E-state index in [0.29, 0.717) is 29.8 Å². The van der Waals surface area contributed by atoms with Gasteiger partial charge in [-0.15, -0.1) is 0 Å². The Morgan fingerprint density at radius 3 is 2.82 bits per heavy atom. The van der Waals surface area contributed by atoms with Gasteiger partial charge in [-0.1, -0.05) is 0 Å². The summed E-state index contributed by atoms with van der Waals surface area (Å²) in [5.74, 6) is -0.709. The van der Waals surface area contributed by atoms with E-state index in [4.69, 9.17) is 11.0 Å². The van der Waals surface area contributed by atoms with Gasteiger partial charge in [0.1, 0.15) is 39.4 Å². The topological polar surface area (TPSA) is 134 Å². The minimum absolute atomic E-state index is 0.00851. The van der Waals surface area contributed by atoms with Gasteiger partial charge in [0.25, 0.3) is 0 Å². The van der Waals surface area contributed by atoms with Crippen LogP contribution in [0.3, 0.4) is 0 Å². The zero-order valence-corrected chi connectivity index (χ0v) is 19.6. The Morgan fingerprint density at radius 2 is 2.12 bits per heavy atom. The average Bonchev–Trinajstić information content (AvgIpc) is 2.76. The number of aryl methyl sites for hydroxylation is 1. The Bertz CT molecular complexity index is 1360. The Hall–Kier alpha value is -3.19. The van der Waals surface area contributed by atoms with Crippen LogP contribution >= 0.6 is 0 Å². The second kappa shape index (κ2) is 7.99. The summed E-state index contributed by atoms with van der Waals surface area (Å²) in [6.07, 6.45) is 2.61. The van der Waals surface area contributed by atoms with E-state index in [-0.39, 0.29) is 35.2 Å². The molecular formula is C23H25FN6O2S. The van der Waals surface area contributed by atoms with Crippen LogP contribution in [0.25, 0.3) is 0 Å². The molecule has 3 atom stereocenters. The number of carbonyl (C=O) groups is 1. The number of nitrogens with two attached hydrogens (primary N) is 1. The first-order chi connectivity index (χ1) is 15.5. The number of amidine groups is 1. The molecule has 0 aliphatic carbocycles. The molecule has 4 heterocycles. The molecule has 3 unspecified atom stereocenters. The molecule has 8 nitrogen and oxygen atoms in total. The molecule has 172 valence electrons. The van der Waals surface area contributed by atoms with Gasteiger partial charge in [-0.05, 0) is 57.4 Å². The van der Waals surface area contributed by atoms with Crippen molar-refractivity contribution < 1.29 is 13.4 Å². The monoisotopic (exact) mass is 468 g/mol. The maximum Gasteiger partial charge on any atom is 0.187 e. The first-order valence-corrected chi connectivity index (χ1v) is 12.3. The zero-order valence-electron chi connectivity index (χ0n) is 18.8. The summed E-state index contributed by atoms with van der Waals surface area (Å²) in [6, 6.07) is 6.24. The van der Waals surface area contributed by atoms with E-state index in [9.17, 15) is 13.4 Å². The number of halogens is 1. The third-order valence-electron chi connectivity index (χ3n) is 6.43. The molecule has 0 fully saturated rings. The second-order valence-corrected chi connectivity index (χ2v) is 11.7. The predicted molar refractivity (Wildman–Crippen MR) is 123 cm³/mol. The van der Waals surface area contributed by atoms with E-state index in [1.165, 1.54) is 18.3 Å². The smallest absolute Gasteiger partial charge is 0.187 e. The van der Waals surface area contributed by atoms with Crippen molar-refractivity contribution in [1.29, 1.82) is 5.26 Å². The van der Waals surface area contributed by atoms with Crippen LogP contribution in [0.2, 0.25) is 0 Å². The molecule has 10 heteroatoms. The maximum absolute atomic E-state index is 15.0. The molecule has 33 heavy (non-hydrogen) atoms. The minimum atomic E-state index is -2.79. The molecule has 0 saturated carbocycles. The Morgan fingerprint density at radius 1 is 1.36 bits per heavy atom. The van der Waals surface area contributed by atoms with Gasteiger partial charge >= 0.3 is 0 Å². The van der Waals surface area contributed by atoms with Crippen molar-refractivity contribution in [2.45, 2.75) is 50.3 Å². The molecule has 2 aliphatic rings. The summed E-state index contributed by atoms with van der Waals surface area (Å²) in [4.78, 5) is 25.9. The number of fused-ring (bicyclic) bond motifs is 1. The lowest BCUT2D eigenvalue weighted by Crippen LogP contribution is -2.57. The first-order valence-electron chi connectivity index (χ1n) is 10.6. The number of pyridine rings is 2. The number of ketones is 1. The molecule has 2 aromatic heterocycles. The van der Waals surface area contributed by atoms with Crippen molar-refractivity contribution in [1.82, 2.24) is 9.97 Å². The molecule has 0 spiro atoms. The molecule has 2 aliphatic heterocycles. The predicted octanol–water partition coefficient (Wildman–Crippen LogP) is 2.83. The van der Waals surface area contributed by atoms with Crippen molar-refractivity contribution in [3.63, 3.8) is 0 Å². The van der Waals surface area contributed by atoms with Crippen LogP contribution in [-0.4, -0.2) is 42.8 Å². The van der Waals surface area contributed by atoms with Crippen molar-refractivity contribution in [3.8, 4) is 6.07 Å². The quantitative estimate of drug-likeness (QED) is 0.686. The summed E-state index contributed by atoms with van der Waals surface area (Å²) >= 11 is 0. The SMILES string of the molecule is Cc1cc(C#N)cnc1C(=O)Cc1ccc(F)c(C2(C)CS3(=O)=NCCCC3(C)C(N)=N2)n1. The molecule has 0 bridgehead atoms. The van der Waals surface area contributed by atoms with E-state index in [0.717, 1.165) is 6.42 Å². The average molecular weight is 469 g/mol. The van der Waals surface area contributed by atoms with Gasteiger partial charge in [-0.2, -0.15) is 5.26 Å². The molecule has 2 N–H and O–H groups in total. The van der Waals surface area contributed by atoms with E-state index in [1.54, 1.807) is 19.9 Å². The van der Waals surface area contributed by atoms with E-state index >= 15 is 0 Å². The van der Waals surface area contributed by atoms with Gasteiger partial charge in [0, 0.05) is 18.4 Å². The van der Waals surface area contributed by atoms with Crippen LogP contribution in [0.1, 0.15) is 59.7 Å². The highest BCUT2D eigenvalue weighted by molar-refractivity contribution is 7.95. The fraction of sp³-hybridized carbons (Fsp3) is 0.435. The lowest BCUT2D eigenvalue weighted by atomic mass is 9.96. The molecule has 2 aromatic rings. The highest BCUT2D eigenvalue weighted by Gasteiger charge is 2.51. The summed E-state index contributed by atoms with van der Waals surface area (Å²) in [7, 11) is -2.79. The Labute approximate surface area is 192 Å². The molecular weight excluding hydrogens is 443 g/mol. The number of carbonyl (C=O) groups excluding carboxylic acids is 1. The lowest BCUT2D eigenvalue weighted by molar-refractivity contribution is 0.0986. The number of rotatable bonds is 4. The van der Waals surface area contributed by atoms with Gasteiger partial charge in [0.2, 0.25) is 0 Å². The van der Waals surface area contributed by atoms with Gasteiger partial charge in [-0.25, -0.2) is 13.0 Å². The zero-order chi connectivity index (χ0) is 24.0. The highest BCUT2D eigenvalue weighted by Crippen LogP contribution is 2.41. The van der Waals surface area contributed by atoms with E-state index < -0.39 is 25.8 Å². The lowest BCUT2D eigenvalue weighted by Gasteiger charge is -2.43.